The van der Waals surface area contributed by atoms with Gasteiger partial charge >= 0.3 is 0 Å². The summed E-state index contributed by atoms with van der Waals surface area (Å²) in [6.45, 7) is 0. The van der Waals surface area contributed by atoms with E-state index in [9.17, 15) is 0 Å². The van der Waals surface area contributed by atoms with Gasteiger partial charge in [-0.1, -0.05) is 39.1 Å². The lowest BCUT2D eigenvalue weighted by Gasteiger charge is -2.05. The zero-order valence-corrected chi connectivity index (χ0v) is 10.5. The molecule has 0 aliphatic rings. The second-order valence-corrected chi connectivity index (χ2v) is 4.50. The molecule has 2 nitrogen and oxygen atoms in total. The Bertz CT molecular complexity index is 503. The van der Waals surface area contributed by atoms with E-state index in [2.05, 4.69) is 25.9 Å². The summed E-state index contributed by atoms with van der Waals surface area (Å²) in [5.74, 6) is 0. The molecule has 2 rings (SSSR count). The highest BCUT2D eigenvalue weighted by Gasteiger charge is 2.09. The fourth-order valence-electron chi connectivity index (χ4n) is 1.18. The summed E-state index contributed by atoms with van der Waals surface area (Å²) in [7, 11) is 0. The van der Waals surface area contributed by atoms with E-state index in [4.69, 9.17) is 23.2 Å². The van der Waals surface area contributed by atoms with E-state index < -0.39 is 0 Å². The van der Waals surface area contributed by atoms with Crippen LogP contribution < -0.4 is 0 Å². The van der Waals surface area contributed by atoms with Gasteiger partial charge in [0.1, 0.15) is 5.69 Å². The predicted molar refractivity (Wildman–Crippen MR) is 65.2 cm³/mol. The average molecular weight is 304 g/mol. The highest BCUT2D eigenvalue weighted by molar-refractivity contribution is 9.10. The topological polar surface area (TPSA) is 25.8 Å². The van der Waals surface area contributed by atoms with Crippen LogP contribution in [-0.4, -0.2) is 9.97 Å². The van der Waals surface area contributed by atoms with Gasteiger partial charge in [-0.3, -0.25) is 4.98 Å². The van der Waals surface area contributed by atoms with Crippen LogP contribution >= 0.6 is 39.1 Å². The highest BCUT2D eigenvalue weighted by Crippen LogP contribution is 2.32. The molecule has 76 valence electrons. The van der Waals surface area contributed by atoms with Crippen molar-refractivity contribution in [2.24, 2.45) is 0 Å². The number of aromatic nitrogens is 2. The fraction of sp³-hybridized carbons (Fsp3) is 0. The number of halogens is 3. The molecule has 0 fully saturated rings. The molecule has 0 spiro atoms. The maximum absolute atomic E-state index is 6.06. The molecule has 0 saturated heterocycles. The van der Waals surface area contributed by atoms with Crippen molar-refractivity contribution in [2.75, 3.05) is 0 Å². The molecular weight excluding hydrogens is 299 g/mol. The SMILES string of the molecule is Clc1ccc(Br)cc1-c1nccnc1Cl. The molecule has 15 heavy (non-hydrogen) atoms. The summed E-state index contributed by atoms with van der Waals surface area (Å²) in [6, 6.07) is 5.50. The summed E-state index contributed by atoms with van der Waals surface area (Å²) >= 11 is 15.4. The van der Waals surface area contributed by atoms with Gasteiger partial charge in [-0.25, -0.2) is 4.98 Å². The lowest BCUT2D eigenvalue weighted by molar-refractivity contribution is 1.20. The highest BCUT2D eigenvalue weighted by atomic mass is 79.9. The van der Waals surface area contributed by atoms with Crippen LogP contribution in [0.1, 0.15) is 0 Å². The molecule has 1 aromatic heterocycles. The van der Waals surface area contributed by atoms with Crippen molar-refractivity contribution in [2.45, 2.75) is 0 Å². The maximum Gasteiger partial charge on any atom is 0.155 e. The number of hydrogen-bond donors (Lipinski definition) is 0. The van der Waals surface area contributed by atoms with Crippen LogP contribution in [0.2, 0.25) is 10.2 Å². The Kier molecular flexibility index (Phi) is 3.24. The Morgan fingerprint density at radius 3 is 2.53 bits per heavy atom. The van der Waals surface area contributed by atoms with Gasteiger partial charge in [-0.05, 0) is 18.2 Å². The van der Waals surface area contributed by atoms with Crippen LogP contribution in [0.15, 0.2) is 35.1 Å². The number of hydrogen-bond acceptors (Lipinski definition) is 2. The van der Waals surface area contributed by atoms with Crippen molar-refractivity contribution in [3.63, 3.8) is 0 Å². The van der Waals surface area contributed by atoms with Crippen molar-refractivity contribution in [1.82, 2.24) is 9.97 Å². The molecule has 0 N–H and O–H groups in total. The maximum atomic E-state index is 6.06. The number of benzene rings is 1. The monoisotopic (exact) mass is 302 g/mol. The Balaban J connectivity index is 2.64. The Labute approximate surface area is 105 Å². The molecule has 0 unspecified atom stereocenters. The molecule has 0 atom stereocenters. The zero-order chi connectivity index (χ0) is 10.8. The molecule has 1 aromatic carbocycles. The van der Waals surface area contributed by atoms with Crippen LogP contribution in [0.3, 0.4) is 0 Å². The molecule has 0 saturated carbocycles. The second kappa shape index (κ2) is 4.47. The van der Waals surface area contributed by atoms with Crippen molar-refractivity contribution >= 4 is 39.1 Å². The lowest BCUT2D eigenvalue weighted by atomic mass is 10.1. The van der Waals surface area contributed by atoms with E-state index in [1.165, 1.54) is 6.20 Å². The average Bonchev–Trinajstić information content (AvgIpc) is 2.23. The van der Waals surface area contributed by atoms with Crippen LogP contribution in [0.25, 0.3) is 11.3 Å². The molecule has 0 bridgehead atoms. The Hall–Kier alpha value is -0.640. The van der Waals surface area contributed by atoms with E-state index in [-0.39, 0.29) is 0 Å². The van der Waals surface area contributed by atoms with Gasteiger partial charge in [0.2, 0.25) is 0 Å². The zero-order valence-electron chi connectivity index (χ0n) is 7.42. The van der Waals surface area contributed by atoms with Crippen molar-refractivity contribution in [3.05, 3.63) is 45.2 Å². The third-order valence-electron chi connectivity index (χ3n) is 1.84. The predicted octanol–water partition coefficient (Wildman–Crippen LogP) is 4.21. The Morgan fingerprint density at radius 2 is 1.80 bits per heavy atom. The quantitative estimate of drug-likeness (QED) is 0.788. The van der Waals surface area contributed by atoms with E-state index >= 15 is 0 Å². The minimum absolute atomic E-state index is 0.345. The lowest BCUT2D eigenvalue weighted by Crippen LogP contribution is -1.88. The first kappa shape index (κ1) is 10.9. The van der Waals surface area contributed by atoms with Gasteiger partial charge in [-0.2, -0.15) is 0 Å². The van der Waals surface area contributed by atoms with Crippen molar-refractivity contribution in [3.8, 4) is 11.3 Å². The van der Waals surface area contributed by atoms with Crippen LogP contribution in [0.4, 0.5) is 0 Å². The van der Waals surface area contributed by atoms with Gasteiger partial charge in [0, 0.05) is 22.4 Å². The van der Waals surface area contributed by atoms with Gasteiger partial charge in [0.05, 0.1) is 5.02 Å². The van der Waals surface area contributed by atoms with E-state index in [0.717, 1.165) is 10.0 Å². The molecule has 0 radical (unpaired) electrons. The van der Waals surface area contributed by atoms with E-state index in [1.807, 2.05) is 12.1 Å². The van der Waals surface area contributed by atoms with Crippen molar-refractivity contribution < 1.29 is 0 Å². The number of nitrogens with zero attached hydrogens (tertiary/aromatic N) is 2. The minimum Gasteiger partial charge on any atom is -0.251 e. The fourth-order valence-corrected chi connectivity index (χ4v) is 1.96. The molecule has 0 amide bonds. The third kappa shape index (κ3) is 2.30. The summed E-state index contributed by atoms with van der Waals surface area (Å²) in [5, 5.41) is 0.943. The smallest absolute Gasteiger partial charge is 0.155 e. The van der Waals surface area contributed by atoms with Crippen molar-refractivity contribution in [1.29, 1.82) is 0 Å². The largest absolute Gasteiger partial charge is 0.251 e. The van der Waals surface area contributed by atoms with Gasteiger partial charge in [-0.15, -0.1) is 0 Å². The number of rotatable bonds is 1. The molecule has 1 heterocycles. The normalized spacial score (nSPS) is 10.3. The minimum atomic E-state index is 0.345. The summed E-state index contributed by atoms with van der Waals surface area (Å²) in [5.41, 5.74) is 1.36. The molecular formula is C10H5BrCl2N2. The Morgan fingerprint density at radius 1 is 1.07 bits per heavy atom. The van der Waals surface area contributed by atoms with E-state index in [1.54, 1.807) is 12.3 Å². The molecule has 0 aliphatic carbocycles. The summed E-state index contributed by atoms with van der Waals surface area (Å²) < 4.78 is 0.920. The van der Waals surface area contributed by atoms with E-state index in [0.29, 0.717) is 15.9 Å². The van der Waals surface area contributed by atoms with Gasteiger partial charge < -0.3 is 0 Å². The first-order chi connectivity index (χ1) is 7.18. The first-order valence-electron chi connectivity index (χ1n) is 4.10. The standard InChI is InChI=1S/C10H5BrCl2N2/c11-6-1-2-8(12)7(5-6)9-10(13)15-4-3-14-9/h1-5H. The molecule has 0 aliphatic heterocycles. The van der Waals surface area contributed by atoms with Crippen LogP contribution in [0, 0.1) is 0 Å². The first-order valence-corrected chi connectivity index (χ1v) is 5.65. The van der Waals surface area contributed by atoms with Gasteiger partial charge in [0.25, 0.3) is 0 Å². The molecule has 5 heteroatoms. The van der Waals surface area contributed by atoms with Crippen LogP contribution in [0.5, 0.6) is 0 Å². The second-order valence-electron chi connectivity index (χ2n) is 2.82. The van der Waals surface area contributed by atoms with Gasteiger partial charge in [0.15, 0.2) is 5.15 Å². The third-order valence-corrected chi connectivity index (χ3v) is 2.94. The summed E-state index contributed by atoms with van der Waals surface area (Å²) in [6.07, 6.45) is 3.12. The van der Waals surface area contributed by atoms with Crippen LogP contribution in [-0.2, 0) is 0 Å². The summed E-state index contributed by atoms with van der Waals surface area (Å²) in [4.78, 5) is 8.11. The molecule has 2 aromatic rings.